The fraction of sp³-hybridized carbons (Fsp3) is 0.586. The van der Waals surface area contributed by atoms with Gasteiger partial charge < -0.3 is 15.0 Å². The molecule has 0 saturated heterocycles. The molecule has 3 aromatic rings. The van der Waals surface area contributed by atoms with Crippen LogP contribution in [0.3, 0.4) is 0 Å². The summed E-state index contributed by atoms with van der Waals surface area (Å²) in [6.45, 7) is 5.36. The Balaban J connectivity index is 1.50. The van der Waals surface area contributed by atoms with Gasteiger partial charge >= 0.3 is 6.09 Å². The molecule has 3 fully saturated rings. The molecular weight excluding hydrogens is 492 g/mol. The van der Waals surface area contributed by atoms with E-state index >= 15 is 0 Å². The summed E-state index contributed by atoms with van der Waals surface area (Å²) in [5.41, 5.74) is 2.10. The number of amidine groups is 1. The number of nitrogens with zero attached hydrogens (tertiary/aromatic N) is 5. The highest BCUT2D eigenvalue weighted by molar-refractivity contribution is 6.03. The van der Waals surface area contributed by atoms with E-state index < -0.39 is 6.09 Å². The summed E-state index contributed by atoms with van der Waals surface area (Å²) < 4.78 is 2.34. The quantitative estimate of drug-likeness (QED) is 0.228. The summed E-state index contributed by atoms with van der Waals surface area (Å²) in [6, 6.07) is 6.25. The number of pyridine rings is 1. The van der Waals surface area contributed by atoms with Crippen molar-refractivity contribution in [2.24, 2.45) is 17.8 Å². The summed E-state index contributed by atoms with van der Waals surface area (Å²) in [7, 11) is 0. The molecule has 6 rings (SSSR count). The average Bonchev–Trinajstić information content (AvgIpc) is 3.60. The predicted octanol–water partition coefficient (Wildman–Crippen LogP) is 5.32. The second-order valence-electron chi connectivity index (χ2n) is 12.0. The Morgan fingerprint density at radius 1 is 1.15 bits per heavy atom. The van der Waals surface area contributed by atoms with Gasteiger partial charge in [0.05, 0.1) is 11.1 Å². The van der Waals surface area contributed by atoms with Gasteiger partial charge in [-0.1, -0.05) is 32.3 Å². The molecule has 0 unspecified atom stereocenters. The van der Waals surface area contributed by atoms with Crippen molar-refractivity contribution in [3.63, 3.8) is 0 Å². The van der Waals surface area contributed by atoms with Crippen molar-refractivity contribution >= 4 is 28.9 Å². The van der Waals surface area contributed by atoms with Gasteiger partial charge in [-0.3, -0.25) is 15.7 Å². The van der Waals surface area contributed by atoms with Gasteiger partial charge in [-0.15, -0.1) is 0 Å². The Kier molecular flexibility index (Phi) is 6.72. The van der Waals surface area contributed by atoms with Crippen molar-refractivity contribution < 1.29 is 9.90 Å². The number of fused-ring (bicyclic) bond motifs is 1. The van der Waals surface area contributed by atoms with Gasteiger partial charge in [0.2, 0.25) is 0 Å². The van der Waals surface area contributed by atoms with Crippen LogP contribution in [0.2, 0.25) is 0 Å². The SMILES string of the molecule is C[C@@H](Nc1nc(C(=N)NC(=O)O)nc2nc(C3(c4ccccn4)CC3)n(C[C@H]3CC[C@H](C)CC3)c12)C1CCC1. The number of aromatic nitrogens is 5. The van der Waals surface area contributed by atoms with Gasteiger partial charge in [-0.05, 0) is 75.3 Å². The molecule has 10 nitrogen and oxygen atoms in total. The zero-order valence-electron chi connectivity index (χ0n) is 22.8. The monoisotopic (exact) mass is 530 g/mol. The van der Waals surface area contributed by atoms with Gasteiger partial charge in [0.15, 0.2) is 23.1 Å². The lowest BCUT2D eigenvalue weighted by Crippen LogP contribution is -2.33. The summed E-state index contributed by atoms with van der Waals surface area (Å²) in [6.07, 6.45) is 10.9. The van der Waals surface area contributed by atoms with E-state index in [1.165, 1.54) is 44.9 Å². The van der Waals surface area contributed by atoms with Gasteiger partial charge in [-0.25, -0.2) is 19.7 Å². The highest BCUT2D eigenvalue weighted by Gasteiger charge is 2.51. The standard InChI is InChI=1S/C29H38N8O2/c1-17-9-11-19(12-10-17)16-37-22-24(32-18(2)20-6-5-7-20)34-26(23(30)33-28(38)39)35-25(22)36-27(37)29(13-14-29)21-8-3-4-15-31-21/h3-4,8,15,17-20H,5-7,9-14,16H2,1-2H3,(H2,30,33)(H,38,39)(H,32,34,35)/t17-,18-,19-/m1/s1. The first-order valence-electron chi connectivity index (χ1n) is 14.4. The van der Waals surface area contributed by atoms with E-state index in [4.69, 9.17) is 20.4 Å². The maximum atomic E-state index is 11.3. The highest BCUT2D eigenvalue weighted by Crippen LogP contribution is 2.53. The molecule has 10 heteroatoms. The first-order chi connectivity index (χ1) is 18.8. The third-order valence-corrected chi connectivity index (χ3v) is 9.19. The molecule has 0 spiro atoms. The van der Waals surface area contributed by atoms with Crippen LogP contribution in [0.25, 0.3) is 11.2 Å². The van der Waals surface area contributed by atoms with Crippen molar-refractivity contribution in [2.45, 2.75) is 89.6 Å². The molecule has 0 aliphatic heterocycles. The Morgan fingerprint density at radius 2 is 1.92 bits per heavy atom. The van der Waals surface area contributed by atoms with E-state index in [2.05, 4.69) is 40.1 Å². The van der Waals surface area contributed by atoms with Crippen LogP contribution in [0.15, 0.2) is 24.4 Å². The van der Waals surface area contributed by atoms with Crippen molar-refractivity contribution in [3.8, 4) is 0 Å². The van der Waals surface area contributed by atoms with Crippen molar-refractivity contribution in [1.29, 1.82) is 5.41 Å². The van der Waals surface area contributed by atoms with E-state index in [1.54, 1.807) is 0 Å². The first kappa shape index (κ1) is 25.7. The summed E-state index contributed by atoms with van der Waals surface area (Å²) >= 11 is 0. The van der Waals surface area contributed by atoms with Crippen LogP contribution in [-0.2, 0) is 12.0 Å². The summed E-state index contributed by atoms with van der Waals surface area (Å²) in [5, 5.41) is 23.3. The summed E-state index contributed by atoms with van der Waals surface area (Å²) in [5.74, 6) is 3.13. The van der Waals surface area contributed by atoms with Crippen LogP contribution in [0.4, 0.5) is 10.6 Å². The number of imidazole rings is 1. The second kappa shape index (κ2) is 10.2. The topological polar surface area (TPSA) is 142 Å². The van der Waals surface area contributed by atoms with Crippen LogP contribution in [0.1, 0.15) is 89.0 Å². The van der Waals surface area contributed by atoms with Crippen LogP contribution in [-0.4, -0.2) is 47.6 Å². The van der Waals surface area contributed by atoms with Crippen LogP contribution in [0.5, 0.6) is 0 Å². The van der Waals surface area contributed by atoms with Gasteiger partial charge in [-0.2, -0.15) is 0 Å². The number of hydrogen-bond donors (Lipinski definition) is 4. The van der Waals surface area contributed by atoms with Crippen LogP contribution < -0.4 is 10.6 Å². The number of anilines is 1. The maximum Gasteiger partial charge on any atom is 0.410 e. The zero-order chi connectivity index (χ0) is 27.1. The Bertz CT molecular complexity index is 1370. The fourth-order valence-electron chi connectivity index (χ4n) is 6.36. The molecule has 1 atom stereocenters. The number of amides is 1. The molecule has 39 heavy (non-hydrogen) atoms. The molecule has 3 aromatic heterocycles. The van der Waals surface area contributed by atoms with E-state index in [0.717, 1.165) is 42.3 Å². The average molecular weight is 531 g/mol. The second-order valence-corrected chi connectivity index (χ2v) is 12.0. The van der Waals surface area contributed by atoms with Crippen molar-refractivity contribution in [1.82, 2.24) is 29.8 Å². The Hall–Kier alpha value is -3.56. The van der Waals surface area contributed by atoms with E-state index in [-0.39, 0.29) is 23.1 Å². The minimum absolute atomic E-state index is 0.0265. The zero-order valence-corrected chi connectivity index (χ0v) is 22.8. The molecule has 3 aliphatic rings. The van der Waals surface area contributed by atoms with Crippen molar-refractivity contribution in [3.05, 3.63) is 41.7 Å². The minimum Gasteiger partial charge on any atom is -0.465 e. The van der Waals surface area contributed by atoms with Gasteiger partial charge in [0.1, 0.15) is 11.3 Å². The molecular formula is C29H38N8O2. The molecule has 1 amide bonds. The third-order valence-electron chi connectivity index (χ3n) is 9.19. The fourth-order valence-corrected chi connectivity index (χ4v) is 6.36. The molecule has 4 N–H and O–H groups in total. The molecule has 0 bridgehead atoms. The van der Waals surface area contributed by atoms with Gasteiger partial charge in [0.25, 0.3) is 0 Å². The number of nitrogens with one attached hydrogen (secondary N) is 3. The Labute approximate surface area is 228 Å². The molecule has 3 saturated carbocycles. The predicted molar refractivity (Wildman–Crippen MR) is 149 cm³/mol. The molecule has 206 valence electrons. The number of rotatable bonds is 8. The van der Waals surface area contributed by atoms with Crippen molar-refractivity contribution in [2.75, 3.05) is 5.32 Å². The molecule has 0 radical (unpaired) electrons. The van der Waals surface area contributed by atoms with Crippen LogP contribution >= 0.6 is 0 Å². The first-order valence-corrected chi connectivity index (χ1v) is 14.4. The lowest BCUT2D eigenvalue weighted by molar-refractivity contribution is 0.200. The number of carboxylic acid groups (broad SMARTS) is 1. The smallest absolute Gasteiger partial charge is 0.410 e. The minimum atomic E-state index is -1.31. The number of hydrogen-bond acceptors (Lipinski definition) is 7. The maximum absolute atomic E-state index is 11.3. The lowest BCUT2D eigenvalue weighted by atomic mass is 9.80. The molecule has 3 heterocycles. The summed E-state index contributed by atoms with van der Waals surface area (Å²) in [4.78, 5) is 30.5. The normalized spacial score (nSPS) is 23.1. The lowest BCUT2D eigenvalue weighted by Gasteiger charge is -2.32. The van der Waals surface area contributed by atoms with E-state index in [9.17, 15) is 9.90 Å². The number of carbonyl (C=O) groups is 1. The van der Waals surface area contributed by atoms with E-state index in [0.29, 0.717) is 23.3 Å². The van der Waals surface area contributed by atoms with Crippen LogP contribution in [0, 0.1) is 23.2 Å². The largest absolute Gasteiger partial charge is 0.465 e. The highest BCUT2D eigenvalue weighted by atomic mass is 16.4. The van der Waals surface area contributed by atoms with E-state index in [1.807, 2.05) is 18.3 Å². The molecule has 0 aromatic carbocycles. The third kappa shape index (κ3) is 4.96. The molecule has 3 aliphatic carbocycles. The van der Waals surface area contributed by atoms with Gasteiger partial charge in [0, 0.05) is 18.8 Å². The Morgan fingerprint density at radius 3 is 2.54 bits per heavy atom.